The van der Waals surface area contributed by atoms with Gasteiger partial charge in [-0.1, -0.05) is 41.9 Å². The number of rotatable bonds is 32. The molecule has 5 amide bonds. The predicted octanol–water partition coefficient (Wildman–Crippen LogP) is 7.57. The first-order valence-corrected chi connectivity index (χ1v) is 34.8. The fraction of sp³-hybridized carbons (Fsp3) is 0.400. The number of hydrogen-bond donors (Lipinski definition) is 5. The Morgan fingerprint density at radius 3 is 2.28 bits per heavy atom. The van der Waals surface area contributed by atoms with Crippen molar-refractivity contribution in [1.29, 1.82) is 0 Å². The zero-order valence-electron chi connectivity index (χ0n) is 54.0. The molecule has 0 radical (unpaired) electrons. The summed E-state index contributed by atoms with van der Waals surface area (Å²) in [5.41, 5.74) is 5.19. The lowest BCUT2D eigenvalue weighted by Crippen LogP contribution is -2.55. The van der Waals surface area contributed by atoms with Crippen molar-refractivity contribution in [3.05, 3.63) is 159 Å². The van der Waals surface area contributed by atoms with Crippen molar-refractivity contribution >= 4 is 84.8 Å². The number of carbonyl (C=O) groups is 5. The molecule has 2 atom stereocenters. The number of benzene rings is 5. The summed E-state index contributed by atoms with van der Waals surface area (Å²) in [6.45, 7) is 9.26. The third-order valence-corrected chi connectivity index (χ3v) is 20.1. The monoisotopic (exact) mass is 1380 g/mol. The zero-order valence-corrected chi connectivity index (χ0v) is 55.6. The summed E-state index contributed by atoms with van der Waals surface area (Å²) >= 11 is 6.40. The smallest absolute Gasteiger partial charge is 0.293 e. The topological polar surface area (TPSA) is 308 Å². The molecule has 5 N–H and O–H groups in total. The lowest BCUT2D eigenvalue weighted by Gasteiger charge is -2.42. The molecule has 516 valence electrons. The number of fused-ring (bicyclic) bond motifs is 2. The number of piperazine rings is 1. The summed E-state index contributed by atoms with van der Waals surface area (Å²) in [5.74, 6) is -0.491. The van der Waals surface area contributed by atoms with Gasteiger partial charge in [-0.2, -0.15) is 0 Å². The second-order valence-electron chi connectivity index (χ2n) is 24.7. The van der Waals surface area contributed by atoms with Crippen LogP contribution in [-0.2, 0) is 49.7 Å². The molecule has 5 aromatic carbocycles. The van der Waals surface area contributed by atoms with E-state index in [1.165, 1.54) is 24.3 Å². The molecule has 0 aliphatic carbocycles. The van der Waals surface area contributed by atoms with Gasteiger partial charge in [-0.05, 0) is 115 Å². The SMILES string of the molecule is O=C(CCOCCOCCOCCNc1cccc2c1C(=O)N(C1CCC(=O)NC1=O)C2=O)NCCN1CC(COc2cccc(-c3ccc(Cl)cc3)c2CN2CCN(c3ccc(S(=O)(=O)c4ccc(NCC5CCOCC5)c([N+](=O)[O-])c4)cc3)C(Oc3cnc4[nH]ccc4c3)C2)C1. The fourth-order valence-corrected chi connectivity index (χ4v) is 14.3. The summed E-state index contributed by atoms with van der Waals surface area (Å²) < 4.78 is 64.2. The Morgan fingerprint density at radius 1 is 0.755 bits per heavy atom. The van der Waals surface area contributed by atoms with Gasteiger partial charge >= 0.3 is 0 Å². The number of imide groups is 2. The highest BCUT2D eigenvalue weighted by atomic mass is 35.5. The minimum Gasteiger partial charge on any atom is -0.493 e. The number of nitrogens with one attached hydrogen (secondary N) is 5. The van der Waals surface area contributed by atoms with Gasteiger partial charge in [0.05, 0.1) is 84.8 Å². The fourth-order valence-electron chi connectivity index (χ4n) is 12.9. The van der Waals surface area contributed by atoms with Crippen molar-refractivity contribution in [2.75, 3.05) is 134 Å². The summed E-state index contributed by atoms with van der Waals surface area (Å²) in [5, 5.41) is 25.3. The van der Waals surface area contributed by atoms with E-state index in [0.717, 1.165) is 76.1 Å². The van der Waals surface area contributed by atoms with Crippen molar-refractivity contribution in [3.8, 4) is 22.6 Å². The van der Waals surface area contributed by atoms with E-state index < -0.39 is 50.7 Å². The van der Waals surface area contributed by atoms with Crippen molar-refractivity contribution in [3.63, 3.8) is 0 Å². The molecule has 5 aliphatic rings. The van der Waals surface area contributed by atoms with Crippen LogP contribution in [0.2, 0.25) is 5.02 Å². The van der Waals surface area contributed by atoms with Crippen LogP contribution in [0.4, 0.5) is 22.7 Å². The van der Waals surface area contributed by atoms with E-state index in [1.807, 2.05) is 54.7 Å². The summed E-state index contributed by atoms with van der Waals surface area (Å²) in [6, 6.07) is 32.1. The number of nitrogens with zero attached hydrogens (tertiary/aromatic N) is 6. The highest BCUT2D eigenvalue weighted by Gasteiger charge is 2.46. The number of ether oxygens (including phenoxy) is 6. The number of hydrogen-bond acceptors (Lipinski definition) is 21. The van der Waals surface area contributed by atoms with Crippen LogP contribution in [0, 0.1) is 22.0 Å². The van der Waals surface area contributed by atoms with E-state index in [2.05, 4.69) is 52.0 Å². The number of amides is 5. The minimum absolute atomic E-state index is 0.00587. The van der Waals surface area contributed by atoms with Crippen LogP contribution >= 0.6 is 11.6 Å². The third-order valence-electron chi connectivity index (χ3n) is 18.1. The maximum Gasteiger partial charge on any atom is 0.293 e. The van der Waals surface area contributed by atoms with E-state index >= 15 is 0 Å². The van der Waals surface area contributed by atoms with Gasteiger partial charge in [0.25, 0.3) is 17.5 Å². The second kappa shape index (κ2) is 32.1. The van der Waals surface area contributed by atoms with Gasteiger partial charge in [0.15, 0.2) is 6.23 Å². The van der Waals surface area contributed by atoms with Crippen LogP contribution in [0.15, 0.2) is 137 Å². The Bertz CT molecular complexity index is 4130. The van der Waals surface area contributed by atoms with Gasteiger partial charge in [-0.3, -0.25) is 49.2 Å². The average molecular weight is 1380 g/mol. The van der Waals surface area contributed by atoms with Crippen LogP contribution in [0.1, 0.15) is 58.4 Å². The number of H-pyrrole nitrogens is 1. The lowest BCUT2D eigenvalue weighted by molar-refractivity contribution is -0.384. The molecule has 26 nitrogen and oxygen atoms in total. The van der Waals surface area contributed by atoms with Crippen molar-refractivity contribution in [2.45, 2.75) is 60.7 Å². The van der Waals surface area contributed by atoms with E-state index in [0.29, 0.717) is 128 Å². The molecule has 12 rings (SSSR count). The molecule has 2 unspecified atom stereocenters. The van der Waals surface area contributed by atoms with Crippen LogP contribution in [0.3, 0.4) is 0 Å². The Labute approximate surface area is 571 Å². The maximum atomic E-state index is 14.1. The molecular weight excluding hydrogens is 1300 g/mol. The van der Waals surface area contributed by atoms with Gasteiger partial charge in [-0.25, -0.2) is 13.4 Å². The summed E-state index contributed by atoms with van der Waals surface area (Å²) in [6.07, 6.45) is 4.94. The standard InChI is InChI=1S/C70H78ClN11O15S/c71-50-9-7-48(8-10-50)55-3-2-6-62(96-45-47-41-78(42-47)26-24-73-63(83)22-31-93-33-35-95-36-34-94-32-25-72-59-5-1-4-56-66(59)70(87)81(69(56)86)60-17-18-64(84)77-68(60)85)57(55)43-79-27-28-80(65(44-79)97-52-37-49-19-23-74-67(49)76-40-52)51-11-13-53(14-12-51)98(90,91)54-15-16-58(61(38-54)82(88)89)75-39-46-20-29-92-30-21-46/h1-16,19,23,37-38,40,46-47,60,65,72,75H,17-18,20-22,24-36,39,41-45H2,(H,73,83)(H,74,76)(H,77,84,85). The predicted molar refractivity (Wildman–Crippen MR) is 364 cm³/mol. The quantitative estimate of drug-likeness (QED) is 0.0117. The van der Waals surface area contributed by atoms with Gasteiger partial charge < -0.3 is 59.2 Å². The molecule has 98 heavy (non-hydrogen) atoms. The van der Waals surface area contributed by atoms with Crippen molar-refractivity contribution in [1.82, 2.24) is 35.3 Å². The average Bonchev–Trinajstić information content (AvgIpc) is 1.56. The minimum atomic E-state index is -4.16. The number of carbonyl (C=O) groups excluding carboxylic acids is 5. The van der Waals surface area contributed by atoms with E-state index in [-0.39, 0.29) is 70.0 Å². The third kappa shape index (κ3) is 16.7. The van der Waals surface area contributed by atoms with Gasteiger partial charge in [0.2, 0.25) is 27.6 Å². The van der Waals surface area contributed by atoms with Crippen LogP contribution in [0.5, 0.6) is 11.5 Å². The van der Waals surface area contributed by atoms with Crippen LogP contribution in [0.25, 0.3) is 22.2 Å². The van der Waals surface area contributed by atoms with Crippen molar-refractivity contribution in [2.24, 2.45) is 11.8 Å². The number of aromatic nitrogens is 2. The van der Waals surface area contributed by atoms with Crippen LogP contribution in [-0.4, -0.2) is 198 Å². The van der Waals surface area contributed by atoms with Gasteiger partial charge in [0.1, 0.15) is 28.9 Å². The molecule has 28 heteroatoms. The number of pyridine rings is 1. The number of aromatic amines is 1. The molecule has 2 aromatic heterocycles. The molecule has 4 saturated heterocycles. The van der Waals surface area contributed by atoms with E-state index in [4.69, 9.17) is 40.0 Å². The second-order valence-corrected chi connectivity index (χ2v) is 27.1. The highest BCUT2D eigenvalue weighted by molar-refractivity contribution is 7.91. The molecule has 0 spiro atoms. The molecule has 0 saturated carbocycles. The number of sulfone groups is 1. The Hall–Kier alpha value is -9.06. The molecular formula is C70H78ClN11O15S. The molecule has 5 aliphatic heterocycles. The van der Waals surface area contributed by atoms with Gasteiger partial charge in [-0.15, -0.1) is 0 Å². The summed E-state index contributed by atoms with van der Waals surface area (Å²) in [7, 11) is -4.16. The number of nitro benzene ring substituents is 1. The largest absolute Gasteiger partial charge is 0.493 e. The molecule has 4 fully saturated rings. The van der Waals surface area contributed by atoms with Crippen molar-refractivity contribution < 1.29 is 65.7 Å². The Morgan fingerprint density at radius 2 is 1.50 bits per heavy atom. The molecule has 0 bridgehead atoms. The first-order chi connectivity index (χ1) is 47.6. The number of piperidine rings is 1. The Balaban J connectivity index is 0.584. The summed E-state index contributed by atoms with van der Waals surface area (Å²) in [4.78, 5) is 90.1. The van der Waals surface area contributed by atoms with Gasteiger partial charge in [0, 0.05) is 130 Å². The maximum absolute atomic E-state index is 14.1. The highest BCUT2D eigenvalue weighted by Crippen LogP contribution is 2.38. The zero-order chi connectivity index (χ0) is 68.1. The van der Waals surface area contributed by atoms with E-state index in [1.54, 1.807) is 36.5 Å². The normalized spacial score (nSPS) is 18.0. The van der Waals surface area contributed by atoms with E-state index in [9.17, 15) is 42.5 Å². The molecule has 7 heterocycles. The lowest BCUT2D eigenvalue weighted by atomic mass is 9.97. The first-order valence-electron chi connectivity index (χ1n) is 33.0. The number of halogens is 1. The Kier molecular flexibility index (Phi) is 22.5. The van der Waals surface area contributed by atoms with Crippen LogP contribution < -0.4 is 35.6 Å². The first kappa shape index (κ1) is 68.9. The number of anilines is 3. The molecule has 7 aromatic rings. The number of nitro groups is 1. The number of likely N-dealkylation sites (tertiary alicyclic amines) is 1.